The summed E-state index contributed by atoms with van der Waals surface area (Å²) in [6.45, 7) is 0. The van der Waals surface area contributed by atoms with Crippen LogP contribution in [0.15, 0.2) is 30.3 Å². The molecule has 0 aliphatic heterocycles. The molecule has 3 nitrogen and oxygen atoms in total. The van der Waals surface area contributed by atoms with Crippen LogP contribution in [0.2, 0.25) is 0 Å². The van der Waals surface area contributed by atoms with Crippen LogP contribution in [0.1, 0.15) is 20.1 Å². The van der Waals surface area contributed by atoms with Gasteiger partial charge in [0.15, 0.2) is 6.29 Å². The molecule has 1 heterocycles. The van der Waals surface area contributed by atoms with Crippen LogP contribution in [0.3, 0.4) is 0 Å². The molecule has 0 saturated carbocycles. The number of carbonyl (C=O) groups excluding carboxylic acids is 1. The Bertz CT molecular complexity index is 629. The number of thiophene rings is 1. The van der Waals surface area contributed by atoms with E-state index in [9.17, 15) is 4.79 Å². The van der Waals surface area contributed by atoms with Gasteiger partial charge < -0.3 is 9.64 Å². The number of carbonyl (C=O) groups is 1. The molecule has 4 heteroatoms. The van der Waals surface area contributed by atoms with Crippen LogP contribution in [0.25, 0.3) is 12.2 Å². The quantitative estimate of drug-likeness (QED) is 0.783. The second-order valence-corrected chi connectivity index (χ2v) is 5.66. The summed E-state index contributed by atoms with van der Waals surface area (Å²) >= 11 is 1.47. The largest absolute Gasteiger partial charge is 0.496 e. The van der Waals surface area contributed by atoms with Crippen molar-refractivity contribution in [3.63, 3.8) is 0 Å². The molecule has 0 aliphatic carbocycles. The summed E-state index contributed by atoms with van der Waals surface area (Å²) < 4.78 is 5.42. The summed E-state index contributed by atoms with van der Waals surface area (Å²) in [5.74, 6) is 0.833. The van der Waals surface area contributed by atoms with E-state index in [1.54, 1.807) is 7.11 Å². The topological polar surface area (TPSA) is 29.5 Å². The molecular weight excluding hydrogens is 270 g/mol. The van der Waals surface area contributed by atoms with E-state index in [1.165, 1.54) is 11.3 Å². The van der Waals surface area contributed by atoms with E-state index in [0.717, 1.165) is 33.0 Å². The van der Waals surface area contributed by atoms with Crippen LogP contribution in [0.5, 0.6) is 5.75 Å². The number of rotatable bonds is 5. The third-order valence-corrected chi connectivity index (χ3v) is 3.90. The molecule has 20 heavy (non-hydrogen) atoms. The van der Waals surface area contributed by atoms with Crippen molar-refractivity contribution in [2.75, 3.05) is 26.1 Å². The number of hydrogen-bond acceptors (Lipinski definition) is 4. The highest BCUT2D eigenvalue weighted by Crippen LogP contribution is 2.27. The SMILES string of the molecule is COc1cc(N(C)C)ccc1/C=C/c1ccc(C=O)s1. The van der Waals surface area contributed by atoms with Crippen LogP contribution >= 0.6 is 11.3 Å². The number of anilines is 1. The average molecular weight is 287 g/mol. The molecule has 0 aliphatic rings. The van der Waals surface area contributed by atoms with Gasteiger partial charge in [-0.2, -0.15) is 0 Å². The van der Waals surface area contributed by atoms with Gasteiger partial charge in [-0.1, -0.05) is 0 Å². The molecule has 2 aromatic rings. The van der Waals surface area contributed by atoms with Gasteiger partial charge in [-0.15, -0.1) is 11.3 Å². The fourth-order valence-electron chi connectivity index (χ4n) is 1.81. The highest BCUT2D eigenvalue weighted by molar-refractivity contribution is 7.14. The van der Waals surface area contributed by atoms with Crippen LogP contribution in [0.4, 0.5) is 5.69 Å². The van der Waals surface area contributed by atoms with Gasteiger partial charge in [0.05, 0.1) is 12.0 Å². The molecule has 104 valence electrons. The van der Waals surface area contributed by atoms with Crippen molar-refractivity contribution in [3.8, 4) is 5.75 Å². The number of aldehydes is 1. The van der Waals surface area contributed by atoms with Crippen molar-refractivity contribution in [1.29, 1.82) is 0 Å². The molecule has 0 amide bonds. The van der Waals surface area contributed by atoms with Crippen LogP contribution < -0.4 is 9.64 Å². The van der Waals surface area contributed by atoms with Gasteiger partial charge in [-0.3, -0.25) is 4.79 Å². The lowest BCUT2D eigenvalue weighted by Crippen LogP contribution is -2.08. The number of methoxy groups -OCH3 is 1. The molecule has 0 atom stereocenters. The van der Waals surface area contributed by atoms with Gasteiger partial charge in [0.25, 0.3) is 0 Å². The lowest BCUT2D eigenvalue weighted by Gasteiger charge is -2.14. The normalized spacial score (nSPS) is 10.8. The molecule has 0 unspecified atom stereocenters. The minimum absolute atomic E-state index is 0.736. The summed E-state index contributed by atoms with van der Waals surface area (Å²) in [6.07, 6.45) is 4.86. The third kappa shape index (κ3) is 3.27. The van der Waals surface area contributed by atoms with Crippen molar-refractivity contribution in [1.82, 2.24) is 0 Å². The summed E-state index contributed by atoms with van der Waals surface area (Å²) in [7, 11) is 5.66. The third-order valence-electron chi connectivity index (χ3n) is 2.92. The van der Waals surface area contributed by atoms with Crippen molar-refractivity contribution < 1.29 is 9.53 Å². The molecule has 0 saturated heterocycles. The Labute approximate surface area is 123 Å². The first-order valence-corrected chi connectivity index (χ1v) is 7.04. The number of hydrogen-bond donors (Lipinski definition) is 0. The second-order valence-electron chi connectivity index (χ2n) is 4.51. The maximum atomic E-state index is 10.7. The molecule has 0 N–H and O–H groups in total. The van der Waals surface area contributed by atoms with Gasteiger partial charge in [-0.25, -0.2) is 0 Å². The molecule has 1 aromatic heterocycles. The van der Waals surface area contributed by atoms with Gasteiger partial charge in [0.2, 0.25) is 0 Å². The highest BCUT2D eigenvalue weighted by Gasteiger charge is 2.03. The summed E-state index contributed by atoms with van der Waals surface area (Å²) in [5.41, 5.74) is 2.11. The Morgan fingerprint density at radius 2 is 1.85 bits per heavy atom. The Balaban J connectivity index is 2.26. The minimum Gasteiger partial charge on any atom is -0.496 e. The van der Waals surface area contributed by atoms with E-state index in [2.05, 4.69) is 0 Å². The van der Waals surface area contributed by atoms with E-state index < -0.39 is 0 Å². The Morgan fingerprint density at radius 1 is 1.10 bits per heavy atom. The highest BCUT2D eigenvalue weighted by atomic mass is 32.1. The summed E-state index contributed by atoms with van der Waals surface area (Å²) in [4.78, 5) is 14.5. The Morgan fingerprint density at radius 3 is 2.45 bits per heavy atom. The fourth-order valence-corrected chi connectivity index (χ4v) is 2.54. The molecule has 1 aromatic carbocycles. The predicted molar refractivity (Wildman–Crippen MR) is 86.0 cm³/mol. The predicted octanol–water partition coefficient (Wildman–Crippen LogP) is 3.81. The summed E-state index contributed by atoms with van der Waals surface area (Å²) in [5, 5.41) is 0. The molecule has 0 radical (unpaired) electrons. The molecule has 0 fully saturated rings. The smallest absolute Gasteiger partial charge is 0.160 e. The zero-order valence-electron chi connectivity index (χ0n) is 11.8. The van der Waals surface area contributed by atoms with E-state index in [4.69, 9.17) is 4.74 Å². The maximum Gasteiger partial charge on any atom is 0.160 e. The number of ether oxygens (including phenoxy) is 1. The van der Waals surface area contributed by atoms with Gasteiger partial charge in [0.1, 0.15) is 5.75 Å². The lowest BCUT2D eigenvalue weighted by molar-refractivity contribution is 0.112. The van der Waals surface area contributed by atoms with Crippen LogP contribution in [0, 0.1) is 0 Å². The Kier molecular flexibility index (Phi) is 4.58. The molecular formula is C16H17NO2S. The van der Waals surface area contributed by atoms with Crippen LogP contribution in [-0.2, 0) is 0 Å². The van der Waals surface area contributed by atoms with E-state index in [0.29, 0.717) is 0 Å². The summed E-state index contributed by atoms with van der Waals surface area (Å²) in [6, 6.07) is 9.84. The van der Waals surface area contributed by atoms with Crippen LogP contribution in [-0.4, -0.2) is 27.5 Å². The monoisotopic (exact) mass is 287 g/mol. The van der Waals surface area contributed by atoms with Crippen molar-refractivity contribution in [2.24, 2.45) is 0 Å². The maximum absolute atomic E-state index is 10.7. The van der Waals surface area contributed by atoms with Crippen molar-refractivity contribution >= 4 is 35.5 Å². The van der Waals surface area contributed by atoms with E-state index >= 15 is 0 Å². The lowest BCUT2D eigenvalue weighted by atomic mass is 10.1. The Hall–Kier alpha value is -2.07. The average Bonchev–Trinajstić information content (AvgIpc) is 2.92. The van der Waals surface area contributed by atoms with Crippen molar-refractivity contribution in [3.05, 3.63) is 45.6 Å². The zero-order valence-corrected chi connectivity index (χ0v) is 12.6. The molecule has 0 bridgehead atoms. The van der Waals surface area contributed by atoms with E-state index in [1.807, 2.05) is 61.5 Å². The van der Waals surface area contributed by atoms with Crippen molar-refractivity contribution in [2.45, 2.75) is 0 Å². The first-order chi connectivity index (χ1) is 9.63. The number of benzene rings is 1. The second kappa shape index (κ2) is 6.39. The first-order valence-electron chi connectivity index (χ1n) is 6.22. The van der Waals surface area contributed by atoms with Gasteiger partial charge in [0, 0.05) is 36.3 Å². The van der Waals surface area contributed by atoms with E-state index in [-0.39, 0.29) is 0 Å². The molecule has 0 spiro atoms. The molecule has 2 rings (SSSR count). The first kappa shape index (κ1) is 14.3. The fraction of sp³-hybridized carbons (Fsp3) is 0.188. The number of nitrogens with zero attached hydrogens (tertiary/aromatic N) is 1. The minimum atomic E-state index is 0.736. The standard InChI is InChI=1S/C16H17NO2S/c1-17(2)13-6-4-12(16(10-13)19-3)5-7-14-8-9-15(11-18)20-14/h4-11H,1-3H3/b7-5+. The zero-order chi connectivity index (χ0) is 14.5. The van der Waals surface area contributed by atoms with Gasteiger partial charge >= 0.3 is 0 Å². The van der Waals surface area contributed by atoms with Gasteiger partial charge in [-0.05, 0) is 36.4 Å².